The van der Waals surface area contributed by atoms with Gasteiger partial charge in [0.1, 0.15) is 5.65 Å². The van der Waals surface area contributed by atoms with Crippen LogP contribution in [-0.2, 0) is 33.8 Å². The Morgan fingerprint density at radius 3 is 2.77 bits per heavy atom. The van der Waals surface area contributed by atoms with Crippen LogP contribution >= 0.6 is 0 Å². The van der Waals surface area contributed by atoms with Gasteiger partial charge < -0.3 is 24.7 Å². The van der Waals surface area contributed by atoms with Gasteiger partial charge >= 0.3 is 5.97 Å². The second-order valence-corrected chi connectivity index (χ2v) is 10.2. The lowest BCUT2D eigenvalue weighted by Gasteiger charge is -2.15. The first-order chi connectivity index (χ1) is 19.5. The van der Waals surface area contributed by atoms with E-state index in [1.807, 2.05) is 45.8 Å². The topological polar surface area (TPSA) is 112 Å². The average Bonchev–Trinajstić information content (AvgIpc) is 3.74. The summed E-state index contributed by atoms with van der Waals surface area (Å²) < 4.78 is 14.4. The van der Waals surface area contributed by atoms with Gasteiger partial charge in [0.2, 0.25) is 5.91 Å². The zero-order valence-electron chi connectivity index (χ0n) is 23.0. The van der Waals surface area contributed by atoms with Crippen molar-refractivity contribution in [2.75, 3.05) is 31.0 Å². The lowest BCUT2D eigenvalue weighted by Crippen LogP contribution is -2.24. The highest BCUT2D eigenvalue weighted by Gasteiger charge is 2.30. The molecule has 2 atom stereocenters. The number of carbonyl (C=O) groups is 2. The van der Waals surface area contributed by atoms with Crippen molar-refractivity contribution in [2.24, 2.45) is 5.92 Å². The van der Waals surface area contributed by atoms with Gasteiger partial charge in [-0.3, -0.25) is 9.48 Å². The van der Waals surface area contributed by atoms with Crippen LogP contribution in [0.2, 0.25) is 0 Å². The van der Waals surface area contributed by atoms with E-state index in [-0.39, 0.29) is 17.9 Å². The van der Waals surface area contributed by atoms with Crippen molar-refractivity contribution in [3.8, 4) is 0 Å². The third-order valence-electron chi connectivity index (χ3n) is 7.28. The highest BCUT2D eigenvalue weighted by molar-refractivity contribution is 6.11. The van der Waals surface area contributed by atoms with Crippen LogP contribution in [-0.4, -0.2) is 57.6 Å². The van der Waals surface area contributed by atoms with Crippen LogP contribution in [0.4, 0.5) is 11.4 Å². The standard InChI is InChI=1S/C30H36N6O4/c1-21(11-16-35-14-7-13-32-35)33-24-18-25-26(34-29(37)23-12-17-40-20-23)27(30(38)39-2)36(28(25)31-19-24)15-6-10-22-8-4-3-5-9-22/h3-5,7-9,13-14,18-19,21,23,33H,6,10-12,15-17,20H2,1-2H3,(H,34,37). The average molecular weight is 545 g/mol. The number of hydrogen-bond acceptors (Lipinski definition) is 7. The van der Waals surface area contributed by atoms with Gasteiger partial charge in [-0.25, -0.2) is 9.78 Å². The summed E-state index contributed by atoms with van der Waals surface area (Å²) in [6.07, 6.45) is 8.63. The minimum absolute atomic E-state index is 0.144. The Kier molecular flexibility index (Phi) is 8.75. The molecule has 210 valence electrons. The summed E-state index contributed by atoms with van der Waals surface area (Å²) in [6, 6.07) is 14.2. The Hall–Kier alpha value is -4.18. The van der Waals surface area contributed by atoms with Crippen LogP contribution in [0, 0.1) is 5.92 Å². The first kappa shape index (κ1) is 27.4. The molecule has 1 amide bonds. The van der Waals surface area contributed by atoms with Gasteiger partial charge in [-0.1, -0.05) is 30.3 Å². The number of amides is 1. The van der Waals surface area contributed by atoms with Crippen LogP contribution in [0.25, 0.3) is 11.0 Å². The van der Waals surface area contributed by atoms with Gasteiger partial charge in [0.05, 0.1) is 37.2 Å². The van der Waals surface area contributed by atoms with E-state index in [0.717, 1.165) is 31.5 Å². The van der Waals surface area contributed by atoms with Gasteiger partial charge in [0, 0.05) is 43.5 Å². The van der Waals surface area contributed by atoms with E-state index >= 15 is 0 Å². The predicted molar refractivity (Wildman–Crippen MR) is 153 cm³/mol. The quantitative estimate of drug-likeness (QED) is 0.252. The molecule has 0 spiro atoms. The lowest BCUT2D eigenvalue weighted by atomic mass is 10.1. The first-order valence-electron chi connectivity index (χ1n) is 13.8. The lowest BCUT2D eigenvalue weighted by molar-refractivity contribution is -0.119. The van der Waals surface area contributed by atoms with E-state index < -0.39 is 5.97 Å². The zero-order chi connectivity index (χ0) is 27.9. The minimum atomic E-state index is -0.516. The van der Waals surface area contributed by atoms with Gasteiger partial charge in [-0.05, 0) is 50.3 Å². The van der Waals surface area contributed by atoms with E-state index in [1.165, 1.54) is 12.7 Å². The normalized spacial score (nSPS) is 15.7. The summed E-state index contributed by atoms with van der Waals surface area (Å²) in [7, 11) is 1.35. The summed E-state index contributed by atoms with van der Waals surface area (Å²) in [5.41, 5.74) is 3.38. The maximum absolute atomic E-state index is 13.2. The van der Waals surface area contributed by atoms with Crippen LogP contribution < -0.4 is 10.6 Å². The van der Waals surface area contributed by atoms with E-state index in [9.17, 15) is 9.59 Å². The van der Waals surface area contributed by atoms with E-state index in [1.54, 1.807) is 12.4 Å². The first-order valence-corrected chi connectivity index (χ1v) is 13.8. The molecule has 40 heavy (non-hydrogen) atoms. The molecule has 1 aliphatic heterocycles. The van der Waals surface area contributed by atoms with Gasteiger partial charge in [-0.2, -0.15) is 5.10 Å². The molecule has 2 N–H and O–H groups in total. The van der Waals surface area contributed by atoms with Crippen LogP contribution in [0.3, 0.4) is 0 Å². The largest absolute Gasteiger partial charge is 0.464 e. The molecule has 0 radical (unpaired) electrons. The molecule has 1 fully saturated rings. The molecule has 4 aromatic rings. The molecule has 2 unspecified atom stereocenters. The number of pyridine rings is 1. The van der Waals surface area contributed by atoms with Crippen molar-refractivity contribution in [2.45, 2.75) is 51.7 Å². The Bertz CT molecular complexity index is 1430. The van der Waals surface area contributed by atoms with E-state index in [2.05, 4.69) is 34.8 Å². The van der Waals surface area contributed by atoms with E-state index in [4.69, 9.17) is 14.5 Å². The fourth-order valence-electron chi connectivity index (χ4n) is 5.12. The van der Waals surface area contributed by atoms with Crippen molar-refractivity contribution in [3.05, 3.63) is 72.3 Å². The molecule has 1 aromatic carbocycles. The monoisotopic (exact) mass is 544 g/mol. The molecular formula is C30H36N6O4. The summed E-state index contributed by atoms with van der Waals surface area (Å²) in [5, 5.41) is 11.5. The van der Waals surface area contributed by atoms with Crippen molar-refractivity contribution < 1.29 is 19.1 Å². The number of hydrogen-bond donors (Lipinski definition) is 2. The number of ether oxygens (including phenoxy) is 2. The third kappa shape index (κ3) is 6.34. The summed E-state index contributed by atoms with van der Waals surface area (Å²) in [6.45, 7) is 4.35. The number of methoxy groups -OCH3 is 1. The second-order valence-electron chi connectivity index (χ2n) is 10.2. The van der Waals surface area contributed by atoms with Gasteiger partial charge in [0.25, 0.3) is 0 Å². The maximum Gasteiger partial charge on any atom is 0.356 e. The number of fused-ring (bicyclic) bond motifs is 1. The SMILES string of the molecule is COC(=O)c1c(NC(=O)C2CCOC2)c2cc(NC(C)CCn3cccn3)cnc2n1CCCc1ccccc1. The molecule has 5 rings (SSSR count). The summed E-state index contributed by atoms with van der Waals surface area (Å²) in [5.74, 6) is -0.951. The minimum Gasteiger partial charge on any atom is -0.464 e. The summed E-state index contributed by atoms with van der Waals surface area (Å²) in [4.78, 5) is 31.1. The van der Waals surface area contributed by atoms with Crippen molar-refractivity contribution in [1.82, 2.24) is 19.3 Å². The van der Waals surface area contributed by atoms with Crippen LogP contribution in [0.5, 0.6) is 0 Å². The zero-order valence-corrected chi connectivity index (χ0v) is 23.0. The van der Waals surface area contributed by atoms with Crippen molar-refractivity contribution in [3.63, 3.8) is 0 Å². The highest BCUT2D eigenvalue weighted by atomic mass is 16.5. The smallest absolute Gasteiger partial charge is 0.356 e. The van der Waals surface area contributed by atoms with Crippen molar-refractivity contribution in [1.29, 1.82) is 0 Å². The molecular weight excluding hydrogens is 508 g/mol. The molecule has 0 aliphatic carbocycles. The Balaban J connectivity index is 1.45. The molecule has 4 heterocycles. The third-order valence-corrected chi connectivity index (χ3v) is 7.28. The summed E-state index contributed by atoms with van der Waals surface area (Å²) >= 11 is 0. The fraction of sp³-hybridized carbons (Fsp3) is 0.400. The number of rotatable bonds is 12. The number of nitrogens with zero attached hydrogens (tertiary/aromatic N) is 4. The molecule has 10 heteroatoms. The maximum atomic E-state index is 13.2. The molecule has 10 nitrogen and oxygen atoms in total. The Labute approximate surface area is 233 Å². The highest BCUT2D eigenvalue weighted by Crippen LogP contribution is 2.34. The fourth-order valence-corrected chi connectivity index (χ4v) is 5.12. The second kappa shape index (κ2) is 12.8. The number of anilines is 2. The number of aromatic nitrogens is 4. The van der Waals surface area contributed by atoms with E-state index in [0.29, 0.717) is 48.6 Å². The number of nitrogens with one attached hydrogen (secondary N) is 2. The van der Waals surface area contributed by atoms with Gasteiger partial charge in [0.15, 0.2) is 5.69 Å². The van der Waals surface area contributed by atoms with Gasteiger partial charge in [-0.15, -0.1) is 0 Å². The number of benzene rings is 1. The molecule has 0 saturated carbocycles. The van der Waals surface area contributed by atoms with Crippen molar-refractivity contribution >= 4 is 34.3 Å². The molecule has 0 bridgehead atoms. The molecule has 1 saturated heterocycles. The predicted octanol–water partition coefficient (Wildman–Crippen LogP) is 4.52. The molecule has 1 aliphatic rings. The molecule has 3 aromatic heterocycles. The Morgan fingerprint density at radius 2 is 2.05 bits per heavy atom. The number of aryl methyl sites for hydroxylation is 3. The Morgan fingerprint density at radius 1 is 1.20 bits per heavy atom. The van der Waals surface area contributed by atoms with Crippen LogP contribution in [0.1, 0.15) is 42.2 Å². The number of carbonyl (C=O) groups excluding carboxylic acids is 2. The number of esters is 1. The van der Waals surface area contributed by atoms with Crippen LogP contribution in [0.15, 0.2) is 61.1 Å².